The number of aliphatic carboxylic acids is 1. The number of allylic oxidation sites excluding steroid dienone is 1. The van der Waals surface area contributed by atoms with Crippen molar-refractivity contribution < 1.29 is 14.7 Å². The van der Waals surface area contributed by atoms with E-state index >= 15 is 0 Å². The van der Waals surface area contributed by atoms with Crippen LogP contribution < -0.4 is 5.11 Å². The van der Waals surface area contributed by atoms with Gasteiger partial charge in [-0.05, 0) is 23.8 Å². The first-order valence-electron chi connectivity index (χ1n) is 1.71. The maximum atomic E-state index is 9.74. The lowest BCUT2D eigenvalue weighted by atomic mass is 10.5. The fraction of sp³-hybridized carbons (Fsp3) is 0. The minimum absolute atomic E-state index is 0.565. The molecule has 0 heterocycles. The third kappa shape index (κ3) is 5.17. The van der Waals surface area contributed by atoms with Gasteiger partial charge in [0.1, 0.15) is 0 Å². The first-order chi connectivity index (χ1) is 3.63. The Hall–Kier alpha value is -0.830. The zero-order valence-corrected chi connectivity index (χ0v) is 4.51. The summed E-state index contributed by atoms with van der Waals surface area (Å²) in [6.45, 7) is 0. The van der Waals surface area contributed by atoms with E-state index in [4.69, 9.17) is 11.6 Å². The minimum Gasteiger partial charge on any atom is -0.545 e. The second kappa shape index (κ2) is 3.21. The van der Waals surface area contributed by atoms with Crippen LogP contribution in [0.5, 0.6) is 0 Å². The Morgan fingerprint density at radius 1 is 1.38 bits per heavy atom. The molecule has 0 atom stereocenters. The van der Waals surface area contributed by atoms with E-state index in [2.05, 4.69) is 0 Å². The van der Waals surface area contributed by atoms with Gasteiger partial charge in [0.15, 0.2) is 0 Å². The van der Waals surface area contributed by atoms with Crippen molar-refractivity contribution in [2.75, 3.05) is 0 Å². The van der Waals surface area contributed by atoms with Crippen LogP contribution >= 0.6 is 11.6 Å². The SMILES string of the molecule is O=C([O-])/C=C/C(=O)Cl. The van der Waals surface area contributed by atoms with Gasteiger partial charge >= 0.3 is 0 Å². The van der Waals surface area contributed by atoms with Gasteiger partial charge in [0.25, 0.3) is 0 Å². The van der Waals surface area contributed by atoms with Crippen LogP contribution in [0.4, 0.5) is 0 Å². The third-order valence-corrected chi connectivity index (χ3v) is 0.476. The van der Waals surface area contributed by atoms with Crippen LogP contribution in [0.2, 0.25) is 0 Å². The lowest BCUT2D eigenvalue weighted by Crippen LogP contribution is -2.18. The Kier molecular flexibility index (Phi) is 2.88. The average Bonchev–Trinajstić information content (AvgIpc) is 1.61. The highest BCUT2D eigenvalue weighted by Gasteiger charge is 1.81. The molecule has 0 aliphatic rings. The molecule has 0 radical (unpaired) electrons. The summed E-state index contributed by atoms with van der Waals surface area (Å²) in [5, 5.41) is 8.67. The van der Waals surface area contributed by atoms with Gasteiger partial charge in [0, 0.05) is 0 Å². The number of carboxylic acid groups (broad SMARTS) is 1. The molecule has 0 aromatic heterocycles. The molecule has 0 amide bonds. The third-order valence-electron chi connectivity index (χ3n) is 0.350. The maximum Gasteiger partial charge on any atom is 0.245 e. The Labute approximate surface area is 50.6 Å². The average molecular weight is 134 g/mol. The van der Waals surface area contributed by atoms with Gasteiger partial charge in [0.2, 0.25) is 5.24 Å². The zero-order valence-electron chi connectivity index (χ0n) is 3.76. The number of carbonyl (C=O) groups excluding carboxylic acids is 2. The standard InChI is InChI=1S/C4H3ClO3/c5-3(6)1-2-4(7)8/h1-2H,(H,7,8)/p-1/b2-1+. The summed E-state index contributed by atoms with van der Waals surface area (Å²) in [4.78, 5) is 19.2. The van der Waals surface area contributed by atoms with Crippen LogP contribution in [0, 0.1) is 0 Å². The number of carboxylic acids is 1. The molecule has 0 unspecified atom stereocenters. The maximum absolute atomic E-state index is 9.74. The monoisotopic (exact) mass is 133 g/mol. The molecule has 4 heteroatoms. The molecule has 0 saturated carbocycles. The topological polar surface area (TPSA) is 57.2 Å². The molecule has 0 aliphatic heterocycles. The van der Waals surface area contributed by atoms with E-state index in [1.54, 1.807) is 0 Å². The van der Waals surface area contributed by atoms with Gasteiger partial charge in [-0.2, -0.15) is 0 Å². The van der Waals surface area contributed by atoms with Gasteiger partial charge < -0.3 is 9.90 Å². The molecule has 0 aromatic rings. The summed E-state index contributed by atoms with van der Waals surface area (Å²) in [5.74, 6) is -1.43. The Morgan fingerprint density at radius 2 is 1.88 bits per heavy atom. The van der Waals surface area contributed by atoms with Gasteiger partial charge in [-0.25, -0.2) is 0 Å². The lowest BCUT2D eigenvalue weighted by molar-refractivity contribution is -0.297. The molecule has 0 aromatic carbocycles. The highest BCUT2D eigenvalue weighted by molar-refractivity contribution is 6.66. The van der Waals surface area contributed by atoms with Gasteiger partial charge in [0.05, 0.1) is 5.97 Å². The molecular weight excluding hydrogens is 131 g/mol. The number of hydrogen-bond acceptors (Lipinski definition) is 3. The van der Waals surface area contributed by atoms with Crippen LogP contribution in [0.3, 0.4) is 0 Å². The highest BCUT2D eigenvalue weighted by atomic mass is 35.5. The van der Waals surface area contributed by atoms with Crippen LogP contribution in [0.1, 0.15) is 0 Å². The van der Waals surface area contributed by atoms with E-state index < -0.39 is 11.2 Å². The number of rotatable bonds is 2. The zero-order chi connectivity index (χ0) is 6.57. The van der Waals surface area contributed by atoms with Crippen molar-refractivity contribution in [1.82, 2.24) is 0 Å². The van der Waals surface area contributed by atoms with E-state index in [0.29, 0.717) is 12.2 Å². The molecule has 0 N–H and O–H groups in total. The van der Waals surface area contributed by atoms with Gasteiger partial charge in [-0.3, -0.25) is 4.79 Å². The Bertz CT molecular complexity index is 122. The van der Waals surface area contributed by atoms with E-state index in [1.807, 2.05) is 0 Å². The predicted molar refractivity (Wildman–Crippen MR) is 25.0 cm³/mol. The quantitative estimate of drug-likeness (QED) is 0.361. The second-order valence-corrected chi connectivity index (χ2v) is 1.33. The summed E-state index contributed by atoms with van der Waals surface area (Å²) < 4.78 is 0. The van der Waals surface area contributed by atoms with E-state index in [9.17, 15) is 14.7 Å². The van der Waals surface area contributed by atoms with Crippen molar-refractivity contribution >= 4 is 22.8 Å². The van der Waals surface area contributed by atoms with Crippen molar-refractivity contribution in [3.8, 4) is 0 Å². The van der Waals surface area contributed by atoms with E-state index in [1.165, 1.54) is 0 Å². The minimum atomic E-state index is -1.43. The summed E-state index contributed by atoms with van der Waals surface area (Å²) in [7, 11) is 0. The first kappa shape index (κ1) is 7.17. The van der Waals surface area contributed by atoms with Gasteiger partial charge in [-0.1, -0.05) is 0 Å². The first-order valence-corrected chi connectivity index (χ1v) is 2.09. The molecule has 0 saturated heterocycles. The molecule has 0 bridgehead atoms. The van der Waals surface area contributed by atoms with E-state index in [-0.39, 0.29) is 0 Å². The molecule has 44 valence electrons. The van der Waals surface area contributed by atoms with Crippen molar-refractivity contribution in [3.05, 3.63) is 12.2 Å². The second-order valence-electron chi connectivity index (χ2n) is 0.956. The number of carbonyl (C=O) groups is 2. The predicted octanol–water partition coefficient (Wildman–Crippen LogP) is -0.942. The summed E-state index contributed by atoms with van der Waals surface area (Å²) in [6, 6.07) is 0. The van der Waals surface area contributed by atoms with Crippen molar-refractivity contribution in [2.45, 2.75) is 0 Å². The van der Waals surface area contributed by atoms with Crippen LogP contribution in [-0.2, 0) is 9.59 Å². The fourth-order valence-corrected chi connectivity index (χ4v) is 0.197. The number of hydrogen-bond donors (Lipinski definition) is 0. The fourth-order valence-electron chi connectivity index (χ4n) is 0.134. The molecule has 8 heavy (non-hydrogen) atoms. The lowest BCUT2D eigenvalue weighted by Gasteiger charge is -1.84. The normalized spacial score (nSPS) is 9.62. The van der Waals surface area contributed by atoms with Crippen LogP contribution in [0.15, 0.2) is 12.2 Å². The molecular formula is C4H2ClO3-. The molecule has 0 fully saturated rings. The molecule has 0 spiro atoms. The van der Waals surface area contributed by atoms with Gasteiger partial charge in [-0.15, -0.1) is 0 Å². The summed E-state index contributed by atoms with van der Waals surface area (Å²) in [6.07, 6.45) is 1.27. The Balaban J connectivity index is 3.67. The highest BCUT2D eigenvalue weighted by Crippen LogP contribution is 1.79. The Morgan fingerprint density at radius 3 is 2.00 bits per heavy atom. The number of halogens is 1. The van der Waals surface area contributed by atoms with Crippen molar-refractivity contribution in [1.29, 1.82) is 0 Å². The largest absolute Gasteiger partial charge is 0.545 e. The smallest absolute Gasteiger partial charge is 0.245 e. The molecule has 3 nitrogen and oxygen atoms in total. The van der Waals surface area contributed by atoms with Crippen LogP contribution in [0.25, 0.3) is 0 Å². The van der Waals surface area contributed by atoms with E-state index in [0.717, 1.165) is 0 Å². The van der Waals surface area contributed by atoms with Crippen LogP contribution in [-0.4, -0.2) is 11.2 Å². The van der Waals surface area contributed by atoms with Crippen molar-refractivity contribution in [3.63, 3.8) is 0 Å². The molecule has 0 aliphatic carbocycles. The van der Waals surface area contributed by atoms with Crippen molar-refractivity contribution in [2.24, 2.45) is 0 Å². The molecule has 0 rings (SSSR count). The summed E-state index contributed by atoms with van der Waals surface area (Å²) >= 11 is 4.71. The summed E-state index contributed by atoms with van der Waals surface area (Å²) in [5.41, 5.74) is 0.